The van der Waals surface area contributed by atoms with Crippen LogP contribution in [0.2, 0.25) is 0 Å². The lowest BCUT2D eigenvalue weighted by atomic mass is 9.78. The van der Waals surface area contributed by atoms with Crippen LogP contribution in [0.1, 0.15) is 46.0 Å². The van der Waals surface area contributed by atoms with Gasteiger partial charge >= 0.3 is 0 Å². The van der Waals surface area contributed by atoms with E-state index in [2.05, 4.69) is 24.1 Å². The van der Waals surface area contributed by atoms with Crippen molar-refractivity contribution in [1.82, 2.24) is 9.97 Å². The number of para-hydroxylation sites is 1. The fourth-order valence-electron chi connectivity index (χ4n) is 3.85. The Balaban J connectivity index is 1.52. The van der Waals surface area contributed by atoms with Gasteiger partial charge in [0, 0.05) is 11.8 Å². The van der Waals surface area contributed by atoms with Crippen LogP contribution in [0.4, 0.5) is 5.13 Å². The van der Waals surface area contributed by atoms with E-state index in [9.17, 15) is 9.59 Å². The third-order valence-electron chi connectivity index (χ3n) is 5.19. The summed E-state index contributed by atoms with van der Waals surface area (Å²) in [5.41, 5.74) is 2.77. The molecule has 1 aromatic carbocycles. The molecule has 30 heavy (non-hydrogen) atoms. The van der Waals surface area contributed by atoms with Gasteiger partial charge in [0.05, 0.1) is 32.2 Å². The molecule has 150 valence electrons. The van der Waals surface area contributed by atoms with E-state index in [1.54, 1.807) is 11.3 Å². The van der Waals surface area contributed by atoms with Crippen LogP contribution in [0.15, 0.2) is 47.8 Å². The van der Waals surface area contributed by atoms with Gasteiger partial charge in [-0.15, -0.1) is 11.3 Å². The lowest BCUT2D eigenvalue weighted by molar-refractivity contribution is 0.0915. The molecule has 1 N–H and O–H groups in total. The van der Waals surface area contributed by atoms with E-state index in [0.29, 0.717) is 22.0 Å². The summed E-state index contributed by atoms with van der Waals surface area (Å²) < 4.78 is 0. The molecule has 1 aliphatic carbocycles. The molecule has 3 aromatic heterocycles. The van der Waals surface area contributed by atoms with Gasteiger partial charge in [-0.3, -0.25) is 14.9 Å². The van der Waals surface area contributed by atoms with Crippen LogP contribution in [0.25, 0.3) is 21.5 Å². The number of anilines is 1. The fourth-order valence-corrected chi connectivity index (χ4v) is 5.45. The molecule has 0 atom stereocenters. The van der Waals surface area contributed by atoms with Crippen LogP contribution in [0.3, 0.4) is 0 Å². The number of nitrogens with one attached hydrogen (secondary N) is 1. The molecule has 0 unspecified atom stereocenters. The number of aromatic nitrogens is 2. The highest BCUT2D eigenvalue weighted by atomic mass is 32.1. The van der Waals surface area contributed by atoms with Gasteiger partial charge in [-0.2, -0.15) is 0 Å². The molecule has 0 radical (unpaired) electrons. The Labute approximate surface area is 181 Å². The van der Waals surface area contributed by atoms with Crippen LogP contribution < -0.4 is 5.32 Å². The largest absolute Gasteiger partial charge is 0.298 e. The van der Waals surface area contributed by atoms with Crippen molar-refractivity contribution in [2.24, 2.45) is 5.41 Å². The monoisotopic (exact) mass is 433 g/mol. The number of thiophene rings is 1. The topological polar surface area (TPSA) is 72.0 Å². The number of carbonyl (C=O) groups is 2. The van der Waals surface area contributed by atoms with E-state index in [1.807, 2.05) is 47.8 Å². The lowest BCUT2D eigenvalue weighted by Gasteiger charge is -2.26. The molecule has 7 heteroatoms. The Hall–Kier alpha value is -2.90. The number of rotatable bonds is 3. The standard InChI is InChI=1S/C23H19N3O2S2/c1-23(2)11-17-20(18(27)12-23)30-22(25-17)26-21(28)14-10-16(19-8-5-9-29-19)24-15-7-4-3-6-13(14)15/h3-10H,11-12H2,1-2H3,(H,25,26,28). The summed E-state index contributed by atoms with van der Waals surface area (Å²) in [6.07, 6.45) is 1.25. The van der Waals surface area contributed by atoms with Gasteiger partial charge in [0.15, 0.2) is 10.9 Å². The van der Waals surface area contributed by atoms with Gasteiger partial charge in [-0.05, 0) is 35.4 Å². The summed E-state index contributed by atoms with van der Waals surface area (Å²) in [4.78, 5) is 36.7. The Morgan fingerprint density at radius 2 is 1.93 bits per heavy atom. The fraction of sp³-hybridized carbons (Fsp3) is 0.217. The maximum Gasteiger partial charge on any atom is 0.258 e. The van der Waals surface area contributed by atoms with E-state index >= 15 is 0 Å². The minimum Gasteiger partial charge on any atom is -0.298 e. The second-order valence-electron chi connectivity index (χ2n) is 8.24. The number of hydrogen-bond donors (Lipinski definition) is 1. The summed E-state index contributed by atoms with van der Waals surface area (Å²) in [7, 11) is 0. The molecule has 4 aromatic rings. The third-order valence-corrected chi connectivity index (χ3v) is 7.14. The number of ketones is 1. The Bertz CT molecular complexity index is 1290. The Kier molecular flexibility index (Phi) is 4.52. The molecule has 0 aliphatic heterocycles. The molecule has 0 fully saturated rings. The van der Waals surface area contributed by atoms with Crippen molar-refractivity contribution >= 4 is 50.4 Å². The molecular weight excluding hydrogens is 414 g/mol. The van der Waals surface area contributed by atoms with E-state index in [0.717, 1.165) is 33.6 Å². The van der Waals surface area contributed by atoms with Crippen LogP contribution in [0.5, 0.6) is 0 Å². The van der Waals surface area contributed by atoms with Crippen molar-refractivity contribution < 1.29 is 9.59 Å². The number of carbonyl (C=O) groups excluding carboxylic acids is 2. The minimum absolute atomic E-state index is 0.101. The minimum atomic E-state index is -0.246. The molecule has 1 amide bonds. The molecule has 5 rings (SSSR count). The van der Waals surface area contributed by atoms with Crippen LogP contribution in [-0.4, -0.2) is 21.7 Å². The van der Waals surface area contributed by atoms with Crippen LogP contribution in [0, 0.1) is 5.41 Å². The summed E-state index contributed by atoms with van der Waals surface area (Å²) in [6.45, 7) is 4.14. The number of nitrogens with zero attached hydrogens (tertiary/aromatic N) is 2. The predicted octanol–water partition coefficient (Wildman–Crippen LogP) is 5.83. The normalized spacial score (nSPS) is 15.2. The predicted molar refractivity (Wildman–Crippen MR) is 122 cm³/mol. The first-order valence-corrected chi connectivity index (χ1v) is 11.4. The summed E-state index contributed by atoms with van der Waals surface area (Å²) >= 11 is 2.85. The molecule has 3 heterocycles. The zero-order valence-corrected chi connectivity index (χ0v) is 18.2. The number of pyridine rings is 1. The highest BCUT2D eigenvalue weighted by molar-refractivity contribution is 7.17. The second kappa shape index (κ2) is 7.11. The van der Waals surface area contributed by atoms with Crippen molar-refractivity contribution in [2.75, 3.05) is 5.32 Å². The maximum atomic E-state index is 13.2. The highest BCUT2D eigenvalue weighted by Crippen LogP contribution is 2.38. The van der Waals surface area contributed by atoms with E-state index < -0.39 is 0 Å². The number of hydrogen-bond acceptors (Lipinski definition) is 6. The zero-order valence-electron chi connectivity index (χ0n) is 16.6. The summed E-state index contributed by atoms with van der Waals surface area (Å²) in [5, 5.41) is 6.16. The zero-order chi connectivity index (χ0) is 20.9. The summed E-state index contributed by atoms with van der Waals surface area (Å²) in [5.74, 6) is -0.141. The van der Waals surface area contributed by atoms with Gasteiger partial charge in [0.1, 0.15) is 0 Å². The molecule has 0 spiro atoms. The van der Waals surface area contributed by atoms with Crippen molar-refractivity contribution in [1.29, 1.82) is 0 Å². The Morgan fingerprint density at radius 3 is 2.73 bits per heavy atom. The average molecular weight is 434 g/mol. The molecule has 5 nitrogen and oxygen atoms in total. The summed E-state index contributed by atoms with van der Waals surface area (Å²) in [6, 6.07) is 13.4. The van der Waals surface area contributed by atoms with Gasteiger partial charge < -0.3 is 0 Å². The average Bonchev–Trinajstić information content (AvgIpc) is 3.36. The Morgan fingerprint density at radius 1 is 1.10 bits per heavy atom. The van der Waals surface area contributed by atoms with Gasteiger partial charge in [0.2, 0.25) is 0 Å². The van der Waals surface area contributed by atoms with E-state index in [1.165, 1.54) is 11.3 Å². The third kappa shape index (κ3) is 3.44. The van der Waals surface area contributed by atoms with Gasteiger partial charge in [0.25, 0.3) is 5.91 Å². The van der Waals surface area contributed by atoms with E-state index in [-0.39, 0.29) is 17.1 Å². The van der Waals surface area contributed by atoms with Gasteiger partial charge in [-0.1, -0.05) is 49.4 Å². The number of benzene rings is 1. The quantitative estimate of drug-likeness (QED) is 0.441. The van der Waals surface area contributed by atoms with Gasteiger partial charge in [-0.25, -0.2) is 9.97 Å². The van der Waals surface area contributed by atoms with Crippen molar-refractivity contribution in [2.45, 2.75) is 26.7 Å². The van der Waals surface area contributed by atoms with Crippen LogP contribution in [-0.2, 0) is 6.42 Å². The number of thiazole rings is 1. The highest BCUT2D eigenvalue weighted by Gasteiger charge is 2.34. The van der Waals surface area contributed by atoms with Crippen LogP contribution >= 0.6 is 22.7 Å². The SMILES string of the molecule is CC1(C)CC(=O)c2sc(NC(=O)c3cc(-c4cccs4)nc4ccccc34)nc2C1. The smallest absolute Gasteiger partial charge is 0.258 e. The second-order valence-corrected chi connectivity index (χ2v) is 10.2. The first kappa shape index (κ1) is 19.1. The number of Topliss-reactive ketones (excluding diaryl/α,β-unsaturated/α-hetero) is 1. The first-order valence-electron chi connectivity index (χ1n) is 9.68. The lowest BCUT2D eigenvalue weighted by Crippen LogP contribution is -2.26. The maximum absolute atomic E-state index is 13.2. The molecule has 0 saturated carbocycles. The van der Waals surface area contributed by atoms with Crippen molar-refractivity contribution in [3.63, 3.8) is 0 Å². The molecule has 0 saturated heterocycles. The molecule has 1 aliphatic rings. The first-order chi connectivity index (χ1) is 14.4. The molecule has 0 bridgehead atoms. The van der Waals surface area contributed by atoms with Crippen molar-refractivity contribution in [3.8, 4) is 10.6 Å². The van der Waals surface area contributed by atoms with E-state index in [4.69, 9.17) is 4.98 Å². The van der Waals surface area contributed by atoms with Crippen molar-refractivity contribution in [3.05, 3.63) is 64.0 Å². The molecular formula is C23H19N3O2S2. The number of fused-ring (bicyclic) bond motifs is 2. The number of amides is 1.